The molecule has 0 unspecified atom stereocenters. The molecule has 140 valence electrons. The number of halogens is 1. The van der Waals surface area contributed by atoms with Crippen LogP contribution in [-0.2, 0) is 4.79 Å². The van der Waals surface area contributed by atoms with E-state index in [1.807, 2.05) is 17.9 Å². The third-order valence-electron chi connectivity index (χ3n) is 4.46. The molecule has 0 spiro atoms. The van der Waals surface area contributed by atoms with E-state index in [2.05, 4.69) is 22.2 Å². The van der Waals surface area contributed by atoms with Crippen LogP contribution in [0.3, 0.4) is 0 Å². The lowest BCUT2D eigenvalue weighted by Gasteiger charge is -2.18. The summed E-state index contributed by atoms with van der Waals surface area (Å²) in [5.74, 6) is 0.452. The molecule has 1 aromatic heterocycles. The average Bonchev–Trinajstić information content (AvgIpc) is 3.13. The maximum absolute atomic E-state index is 12.7. The maximum atomic E-state index is 12.7. The van der Waals surface area contributed by atoms with Crippen LogP contribution in [0.5, 0.6) is 0 Å². The standard InChI is InChI=1S/C20H21ClN4O2/c1-3-19(26)24-15-6-4-14(5-7-15)20(27)25-9-8-16(12-25)23-18-10-13(2)17(21)11-22-18/h3-7,10-11,16H,1,8-9,12H2,2H3,(H,22,23)(H,24,26)/t16-/m1/s1. The van der Waals surface area contributed by atoms with Crippen LogP contribution in [0.25, 0.3) is 0 Å². The van der Waals surface area contributed by atoms with Gasteiger partial charge in [-0.2, -0.15) is 0 Å². The zero-order chi connectivity index (χ0) is 19.4. The Morgan fingerprint density at radius 1 is 1.33 bits per heavy atom. The van der Waals surface area contributed by atoms with Gasteiger partial charge in [-0.25, -0.2) is 4.98 Å². The lowest BCUT2D eigenvalue weighted by molar-refractivity contribution is -0.111. The van der Waals surface area contributed by atoms with Crippen LogP contribution in [0.2, 0.25) is 5.02 Å². The highest BCUT2D eigenvalue weighted by Gasteiger charge is 2.27. The van der Waals surface area contributed by atoms with Crippen LogP contribution in [0.1, 0.15) is 22.3 Å². The number of pyridine rings is 1. The Labute approximate surface area is 163 Å². The van der Waals surface area contributed by atoms with Crippen molar-refractivity contribution in [3.05, 3.63) is 65.3 Å². The van der Waals surface area contributed by atoms with Gasteiger partial charge in [-0.3, -0.25) is 9.59 Å². The van der Waals surface area contributed by atoms with E-state index in [9.17, 15) is 9.59 Å². The number of anilines is 2. The molecule has 0 bridgehead atoms. The number of hydrogen-bond donors (Lipinski definition) is 2. The molecule has 3 rings (SSSR count). The van der Waals surface area contributed by atoms with Gasteiger partial charge in [-0.1, -0.05) is 18.2 Å². The van der Waals surface area contributed by atoms with Gasteiger partial charge in [0.05, 0.1) is 5.02 Å². The minimum absolute atomic E-state index is 0.0267. The highest BCUT2D eigenvalue weighted by atomic mass is 35.5. The van der Waals surface area contributed by atoms with Gasteiger partial charge in [0.1, 0.15) is 5.82 Å². The first-order valence-electron chi connectivity index (χ1n) is 8.67. The minimum Gasteiger partial charge on any atom is -0.365 e. The SMILES string of the molecule is C=CC(=O)Nc1ccc(C(=O)N2CC[C@@H](Nc3cc(C)c(Cl)cn3)C2)cc1. The van der Waals surface area contributed by atoms with Gasteiger partial charge in [0.15, 0.2) is 0 Å². The monoisotopic (exact) mass is 384 g/mol. The smallest absolute Gasteiger partial charge is 0.253 e. The van der Waals surface area contributed by atoms with Crippen LogP contribution in [0.4, 0.5) is 11.5 Å². The Hall–Kier alpha value is -2.86. The number of aryl methyl sites for hydroxylation is 1. The van der Waals surface area contributed by atoms with Crippen molar-refractivity contribution in [1.82, 2.24) is 9.88 Å². The number of hydrogen-bond acceptors (Lipinski definition) is 4. The van der Waals surface area contributed by atoms with E-state index < -0.39 is 0 Å². The molecule has 0 saturated carbocycles. The molecule has 1 aliphatic rings. The second-order valence-corrected chi connectivity index (χ2v) is 6.88. The topological polar surface area (TPSA) is 74.3 Å². The van der Waals surface area contributed by atoms with Gasteiger partial charge in [0.2, 0.25) is 5.91 Å². The molecule has 1 aromatic carbocycles. The quantitative estimate of drug-likeness (QED) is 0.774. The van der Waals surface area contributed by atoms with E-state index >= 15 is 0 Å². The van der Waals surface area contributed by atoms with E-state index in [1.54, 1.807) is 30.5 Å². The van der Waals surface area contributed by atoms with Crippen molar-refractivity contribution in [2.75, 3.05) is 23.7 Å². The third-order valence-corrected chi connectivity index (χ3v) is 4.85. The molecule has 2 heterocycles. The minimum atomic E-state index is -0.284. The van der Waals surface area contributed by atoms with Crippen molar-refractivity contribution in [2.24, 2.45) is 0 Å². The zero-order valence-corrected chi connectivity index (χ0v) is 15.8. The summed E-state index contributed by atoms with van der Waals surface area (Å²) in [4.78, 5) is 30.1. The molecule has 2 aromatic rings. The molecule has 27 heavy (non-hydrogen) atoms. The number of amides is 2. The summed E-state index contributed by atoms with van der Waals surface area (Å²) in [6, 6.07) is 8.90. The second kappa shape index (κ2) is 8.22. The van der Waals surface area contributed by atoms with Gasteiger partial charge in [-0.05, 0) is 55.3 Å². The Morgan fingerprint density at radius 3 is 2.74 bits per heavy atom. The third kappa shape index (κ3) is 4.65. The Balaban J connectivity index is 1.59. The first-order valence-corrected chi connectivity index (χ1v) is 9.05. The second-order valence-electron chi connectivity index (χ2n) is 6.47. The molecule has 6 nitrogen and oxygen atoms in total. The maximum Gasteiger partial charge on any atom is 0.253 e. The van der Waals surface area contributed by atoms with Crippen molar-refractivity contribution in [3.8, 4) is 0 Å². The first kappa shape index (κ1) is 18.9. The van der Waals surface area contributed by atoms with Crippen molar-refractivity contribution < 1.29 is 9.59 Å². The average molecular weight is 385 g/mol. The van der Waals surface area contributed by atoms with Crippen LogP contribution < -0.4 is 10.6 Å². The Kier molecular flexibility index (Phi) is 5.76. The molecule has 0 aliphatic carbocycles. The molecular formula is C20H21ClN4O2. The van der Waals surface area contributed by atoms with E-state index in [0.717, 1.165) is 17.8 Å². The largest absolute Gasteiger partial charge is 0.365 e. The van der Waals surface area contributed by atoms with Crippen LogP contribution in [0, 0.1) is 6.92 Å². The molecule has 0 radical (unpaired) electrons. The fourth-order valence-electron chi connectivity index (χ4n) is 2.96. The molecule has 7 heteroatoms. The van der Waals surface area contributed by atoms with Crippen LogP contribution in [-0.4, -0.2) is 40.8 Å². The summed E-state index contributed by atoms with van der Waals surface area (Å²) < 4.78 is 0. The predicted molar refractivity (Wildman–Crippen MR) is 107 cm³/mol. The fraction of sp³-hybridized carbons (Fsp3) is 0.250. The van der Waals surface area contributed by atoms with E-state index in [1.165, 1.54) is 6.08 Å². The number of nitrogens with zero attached hydrogens (tertiary/aromatic N) is 2. The van der Waals surface area contributed by atoms with Gasteiger partial charge < -0.3 is 15.5 Å². The summed E-state index contributed by atoms with van der Waals surface area (Å²) >= 11 is 6.01. The molecule has 2 N–H and O–H groups in total. The number of rotatable bonds is 5. The Morgan fingerprint density at radius 2 is 2.07 bits per heavy atom. The fourth-order valence-corrected chi connectivity index (χ4v) is 3.07. The molecule has 1 aliphatic heterocycles. The lowest BCUT2D eigenvalue weighted by atomic mass is 10.2. The number of benzene rings is 1. The highest BCUT2D eigenvalue weighted by molar-refractivity contribution is 6.31. The normalized spacial score (nSPS) is 16.1. The van der Waals surface area contributed by atoms with Gasteiger partial charge in [0.25, 0.3) is 5.91 Å². The van der Waals surface area contributed by atoms with Crippen molar-refractivity contribution in [1.29, 1.82) is 0 Å². The Bertz CT molecular complexity index is 867. The van der Waals surface area contributed by atoms with Crippen molar-refractivity contribution in [2.45, 2.75) is 19.4 Å². The first-order chi connectivity index (χ1) is 13.0. The number of carbonyl (C=O) groups excluding carboxylic acids is 2. The van der Waals surface area contributed by atoms with E-state index in [0.29, 0.717) is 29.4 Å². The highest BCUT2D eigenvalue weighted by Crippen LogP contribution is 2.21. The summed E-state index contributed by atoms with van der Waals surface area (Å²) in [6.45, 7) is 6.63. The summed E-state index contributed by atoms with van der Waals surface area (Å²) in [6.07, 6.45) is 3.68. The number of carbonyl (C=O) groups is 2. The summed E-state index contributed by atoms with van der Waals surface area (Å²) in [7, 11) is 0. The van der Waals surface area contributed by atoms with Crippen LogP contribution in [0.15, 0.2) is 49.2 Å². The molecule has 1 atom stereocenters. The number of aromatic nitrogens is 1. The molecular weight excluding hydrogens is 364 g/mol. The number of nitrogens with one attached hydrogen (secondary N) is 2. The van der Waals surface area contributed by atoms with Crippen molar-refractivity contribution in [3.63, 3.8) is 0 Å². The van der Waals surface area contributed by atoms with Crippen molar-refractivity contribution >= 4 is 34.9 Å². The molecule has 1 fully saturated rings. The predicted octanol–water partition coefficient (Wildman–Crippen LogP) is 3.49. The van der Waals surface area contributed by atoms with Crippen LogP contribution >= 0.6 is 11.6 Å². The molecule has 1 saturated heterocycles. The van der Waals surface area contributed by atoms with Gasteiger partial charge in [0, 0.05) is 36.6 Å². The zero-order valence-electron chi connectivity index (χ0n) is 15.0. The van der Waals surface area contributed by atoms with E-state index in [-0.39, 0.29) is 17.9 Å². The van der Waals surface area contributed by atoms with Gasteiger partial charge in [-0.15, -0.1) is 0 Å². The summed E-state index contributed by atoms with van der Waals surface area (Å²) in [5, 5.41) is 6.66. The van der Waals surface area contributed by atoms with E-state index in [4.69, 9.17) is 11.6 Å². The van der Waals surface area contributed by atoms with Gasteiger partial charge >= 0.3 is 0 Å². The summed E-state index contributed by atoms with van der Waals surface area (Å²) in [5.41, 5.74) is 2.18. The lowest BCUT2D eigenvalue weighted by Crippen LogP contribution is -2.31. The molecule has 2 amide bonds. The number of likely N-dealkylation sites (tertiary alicyclic amines) is 1.